The molecule has 0 bridgehead atoms. The van der Waals surface area contributed by atoms with Gasteiger partial charge in [-0.25, -0.2) is 0 Å². The van der Waals surface area contributed by atoms with Crippen LogP contribution in [-0.4, -0.2) is 30.9 Å². The molecule has 0 aliphatic carbocycles. The van der Waals surface area contributed by atoms with Crippen LogP contribution in [0.1, 0.15) is 23.2 Å². The fourth-order valence-electron chi connectivity index (χ4n) is 3.18. The topological polar surface area (TPSA) is 62.8 Å². The van der Waals surface area contributed by atoms with E-state index in [0.29, 0.717) is 17.1 Å². The maximum Gasteiger partial charge on any atom is 0.257 e. The molecule has 2 N–H and O–H groups in total. The molecule has 2 aromatic carbocycles. The number of hydrogen-bond acceptors (Lipinski definition) is 5. The van der Waals surface area contributed by atoms with Crippen LogP contribution < -0.4 is 25.0 Å². The lowest BCUT2D eigenvalue weighted by molar-refractivity contribution is 0.0977. The Balaban J connectivity index is 1.43. The highest BCUT2D eigenvalue weighted by Gasteiger charge is 2.18. The average molecular weight is 369 g/mol. The summed E-state index contributed by atoms with van der Waals surface area (Å²) in [4.78, 5) is 14.8. The molecule has 1 saturated heterocycles. The largest absolute Gasteiger partial charge is 0.454 e. The summed E-state index contributed by atoms with van der Waals surface area (Å²) in [5.74, 6) is 0.914. The van der Waals surface area contributed by atoms with Gasteiger partial charge in [0.25, 0.3) is 5.91 Å². The summed E-state index contributed by atoms with van der Waals surface area (Å²) >= 11 is 5.33. The minimum atomic E-state index is -0.292. The Morgan fingerprint density at radius 3 is 2.65 bits per heavy atom. The highest BCUT2D eigenvalue weighted by Crippen LogP contribution is 2.32. The van der Waals surface area contributed by atoms with Crippen LogP contribution in [0.5, 0.6) is 11.5 Å². The van der Waals surface area contributed by atoms with E-state index in [1.165, 1.54) is 12.8 Å². The van der Waals surface area contributed by atoms with Gasteiger partial charge in [-0.05, 0) is 55.4 Å². The Kier molecular flexibility index (Phi) is 4.62. The van der Waals surface area contributed by atoms with Gasteiger partial charge in [-0.15, -0.1) is 0 Å². The first-order chi connectivity index (χ1) is 12.7. The molecule has 2 aromatic rings. The maximum absolute atomic E-state index is 12.4. The summed E-state index contributed by atoms with van der Waals surface area (Å²) in [5, 5.41) is 6.13. The zero-order valence-corrected chi connectivity index (χ0v) is 15.0. The fraction of sp³-hybridized carbons (Fsp3) is 0.263. The average Bonchev–Trinajstić information content (AvgIpc) is 3.33. The van der Waals surface area contributed by atoms with Gasteiger partial charge in [0.1, 0.15) is 0 Å². The molecule has 0 unspecified atom stereocenters. The Bertz CT molecular complexity index is 850. The second kappa shape index (κ2) is 7.21. The molecular formula is C19H19N3O3S. The van der Waals surface area contributed by atoms with Crippen LogP contribution in [-0.2, 0) is 0 Å². The third-order valence-corrected chi connectivity index (χ3v) is 4.66. The van der Waals surface area contributed by atoms with Gasteiger partial charge in [0.15, 0.2) is 16.6 Å². The van der Waals surface area contributed by atoms with E-state index in [1.807, 2.05) is 18.2 Å². The van der Waals surface area contributed by atoms with Gasteiger partial charge in [-0.2, -0.15) is 0 Å². The molecule has 2 aliphatic heterocycles. The third kappa shape index (κ3) is 3.43. The number of nitrogens with zero attached hydrogens (tertiary/aromatic N) is 1. The van der Waals surface area contributed by atoms with Crippen molar-refractivity contribution in [2.75, 3.05) is 30.1 Å². The van der Waals surface area contributed by atoms with Gasteiger partial charge in [0, 0.05) is 18.7 Å². The molecule has 1 fully saturated rings. The first kappa shape index (κ1) is 16.7. The number of fused-ring (bicyclic) bond motifs is 1. The molecule has 0 aromatic heterocycles. The number of rotatable bonds is 3. The highest BCUT2D eigenvalue weighted by atomic mass is 32.1. The molecule has 0 radical (unpaired) electrons. The molecular weight excluding hydrogens is 350 g/mol. The number of anilines is 2. The molecule has 0 spiro atoms. The third-order valence-electron chi connectivity index (χ3n) is 4.46. The quantitative estimate of drug-likeness (QED) is 0.811. The van der Waals surface area contributed by atoms with Gasteiger partial charge in [-0.1, -0.05) is 12.1 Å². The number of para-hydroxylation sites is 2. The van der Waals surface area contributed by atoms with Gasteiger partial charge < -0.3 is 19.7 Å². The number of amides is 1. The van der Waals surface area contributed by atoms with E-state index in [-0.39, 0.29) is 17.8 Å². The van der Waals surface area contributed by atoms with Gasteiger partial charge in [-0.3, -0.25) is 10.1 Å². The van der Waals surface area contributed by atoms with E-state index in [2.05, 4.69) is 21.6 Å². The predicted molar refractivity (Wildman–Crippen MR) is 104 cm³/mol. The summed E-state index contributed by atoms with van der Waals surface area (Å²) in [6, 6.07) is 13.0. The predicted octanol–water partition coefficient (Wildman–Crippen LogP) is 3.14. The van der Waals surface area contributed by atoms with Crippen LogP contribution in [0.15, 0.2) is 42.5 Å². The minimum Gasteiger partial charge on any atom is -0.454 e. The van der Waals surface area contributed by atoms with Crippen LogP contribution in [0.2, 0.25) is 0 Å². The molecule has 4 rings (SSSR count). The lowest BCUT2D eigenvalue weighted by Crippen LogP contribution is -2.34. The van der Waals surface area contributed by atoms with Crippen LogP contribution in [0, 0.1) is 0 Å². The molecule has 0 saturated carbocycles. The Labute approximate surface area is 157 Å². The lowest BCUT2D eigenvalue weighted by atomic mass is 10.2. The second-order valence-corrected chi connectivity index (χ2v) is 6.60. The standard InChI is InChI=1S/C19H19N3O3S/c23-18(13-7-8-16-17(11-13)25-12-24-16)21-19(26)20-14-5-1-2-6-15(14)22-9-3-4-10-22/h1-2,5-8,11H,3-4,9-10,12H2,(H2,20,21,23,26). The van der Waals surface area contributed by atoms with Gasteiger partial charge in [0.05, 0.1) is 11.4 Å². The van der Waals surface area contributed by atoms with E-state index < -0.39 is 0 Å². The van der Waals surface area contributed by atoms with E-state index in [9.17, 15) is 4.79 Å². The lowest BCUT2D eigenvalue weighted by Gasteiger charge is -2.22. The monoisotopic (exact) mass is 369 g/mol. The Morgan fingerprint density at radius 2 is 1.81 bits per heavy atom. The zero-order chi connectivity index (χ0) is 17.9. The van der Waals surface area contributed by atoms with Crippen molar-refractivity contribution in [3.63, 3.8) is 0 Å². The van der Waals surface area contributed by atoms with Gasteiger partial charge in [0.2, 0.25) is 6.79 Å². The van der Waals surface area contributed by atoms with Crippen molar-refractivity contribution in [1.82, 2.24) is 5.32 Å². The van der Waals surface area contributed by atoms with E-state index in [4.69, 9.17) is 21.7 Å². The molecule has 134 valence electrons. The van der Waals surface area contributed by atoms with Crippen molar-refractivity contribution < 1.29 is 14.3 Å². The Hall–Kier alpha value is -2.80. The summed E-state index contributed by atoms with van der Waals surface area (Å²) in [7, 11) is 0. The summed E-state index contributed by atoms with van der Waals surface area (Å²) in [6.45, 7) is 2.25. The second-order valence-electron chi connectivity index (χ2n) is 6.19. The summed E-state index contributed by atoms with van der Waals surface area (Å²) in [6.07, 6.45) is 2.39. The summed E-state index contributed by atoms with van der Waals surface area (Å²) in [5.41, 5.74) is 2.46. The van der Waals surface area contributed by atoms with Crippen molar-refractivity contribution in [3.05, 3.63) is 48.0 Å². The van der Waals surface area contributed by atoms with E-state index in [1.54, 1.807) is 18.2 Å². The number of ether oxygens (including phenoxy) is 2. The highest BCUT2D eigenvalue weighted by molar-refractivity contribution is 7.80. The number of carbonyl (C=O) groups excluding carboxylic acids is 1. The molecule has 6 nitrogen and oxygen atoms in total. The van der Waals surface area contributed by atoms with Gasteiger partial charge >= 0.3 is 0 Å². The number of hydrogen-bond donors (Lipinski definition) is 2. The van der Waals surface area contributed by atoms with E-state index >= 15 is 0 Å². The Morgan fingerprint density at radius 1 is 1.04 bits per heavy atom. The molecule has 7 heteroatoms. The zero-order valence-electron chi connectivity index (χ0n) is 14.2. The molecule has 2 heterocycles. The first-order valence-corrected chi connectivity index (χ1v) is 8.97. The SMILES string of the molecule is O=C(NC(=S)Nc1ccccc1N1CCCC1)c1ccc2c(c1)OCO2. The van der Waals surface area contributed by atoms with Crippen molar-refractivity contribution in [1.29, 1.82) is 0 Å². The maximum atomic E-state index is 12.4. The number of benzene rings is 2. The first-order valence-electron chi connectivity index (χ1n) is 8.57. The smallest absolute Gasteiger partial charge is 0.257 e. The van der Waals surface area contributed by atoms with Crippen molar-refractivity contribution in [2.45, 2.75) is 12.8 Å². The molecule has 26 heavy (non-hydrogen) atoms. The van der Waals surface area contributed by atoms with Crippen molar-refractivity contribution in [3.8, 4) is 11.5 Å². The van der Waals surface area contributed by atoms with Crippen molar-refractivity contribution >= 4 is 34.6 Å². The van der Waals surface area contributed by atoms with E-state index in [0.717, 1.165) is 24.5 Å². The van der Waals surface area contributed by atoms with Crippen LogP contribution in [0.3, 0.4) is 0 Å². The minimum absolute atomic E-state index is 0.174. The number of carbonyl (C=O) groups is 1. The van der Waals surface area contributed by atoms with Crippen LogP contribution in [0.25, 0.3) is 0 Å². The molecule has 1 amide bonds. The fourth-order valence-corrected chi connectivity index (χ4v) is 3.38. The molecule has 0 atom stereocenters. The van der Waals surface area contributed by atoms with Crippen LogP contribution >= 0.6 is 12.2 Å². The molecule has 2 aliphatic rings. The number of thiocarbonyl (C=S) groups is 1. The summed E-state index contributed by atoms with van der Waals surface area (Å²) < 4.78 is 10.6. The normalized spacial score (nSPS) is 15.0. The van der Waals surface area contributed by atoms with Crippen LogP contribution in [0.4, 0.5) is 11.4 Å². The van der Waals surface area contributed by atoms with Crippen molar-refractivity contribution in [2.24, 2.45) is 0 Å². The number of nitrogens with one attached hydrogen (secondary N) is 2.